The van der Waals surface area contributed by atoms with E-state index in [-0.39, 0.29) is 5.69 Å². The SMILES string of the molecule is COc1ccc(N2OP3(=O)ON2O3)c(F)c1. The number of anilines is 1. The lowest BCUT2D eigenvalue weighted by molar-refractivity contribution is -0.318. The van der Waals surface area contributed by atoms with Crippen molar-refractivity contribution in [2.45, 2.75) is 0 Å². The van der Waals surface area contributed by atoms with Gasteiger partial charge in [0.25, 0.3) is 0 Å². The molecule has 1 aromatic rings. The van der Waals surface area contributed by atoms with Crippen LogP contribution >= 0.6 is 7.82 Å². The van der Waals surface area contributed by atoms with Crippen molar-refractivity contribution in [3.8, 4) is 5.75 Å². The van der Waals surface area contributed by atoms with Crippen LogP contribution < -0.4 is 9.91 Å². The van der Waals surface area contributed by atoms with Crippen LogP contribution in [0.5, 0.6) is 5.75 Å². The molecular formula is C7H6FN2O5P. The number of hydrogen-bond donors (Lipinski definition) is 0. The number of nitrogens with zero attached hydrogens (tertiary/aromatic N) is 2. The summed E-state index contributed by atoms with van der Waals surface area (Å²) in [5.74, 6) is -0.261. The number of benzene rings is 1. The maximum Gasteiger partial charge on any atom is 0.538 e. The Bertz CT molecular complexity index is 488. The van der Waals surface area contributed by atoms with Gasteiger partial charge in [-0.05, 0) is 12.1 Å². The molecule has 1 aromatic carbocycles. The van der Waals surface area contributed by atoms with Crippen LogP contribution in [0.1, 0.15) is 0 Å². The van der Waals surface area contributed by atoms with Gasteiger partial charge in [0, 0.05) is 6.07 Å². The molecule has 0 N–H and O–H groups in total. The Balaban J connectivity index is 1.93. The van der Waals surface area contributed by atoms with E-state index in [0.717, 1.165) is 11.2 Å². The van der Waals surface area contributed by atoms with Crippen molar-refractivity contribution in [1.82, 2.24) is 5.34 Å². The van der Waals surface area contributed by atoms with Crippen molar-refractivity contribution >= 4 is 13.5 Å². The second-order valence-electron chi connectivity index (χ2n) is 3.02. The Labute approximate surface area is 89.3 Å². The maximum absolute atomic E-state index is 13.6. The highest BCUT2D eigenvalue weighted by molar-refractivity contribution is 7.49. The third kappa shape index (κ3) is 1.32. The monoisotopic (exact) mass is 248 g/mol. The zero-order valence-electron chi connectivity index (χ0n) is 7.99. The van der Waals surface area contributed by atoms with Crippen LogP contribution in [0.15, 0.2) is 18.2 Å². The lowest BCUT2D eigenvalue weighted by Gasteiger charge is -2.21. The van der Waals surface area contributed by atoms with Crippen LogP contribution in [0.4, 0.5) is 10.1 Å². The van der Waals surface area contributed by atoms with Crippen molar-refractivity contribution < 1.29 is 27.6 Å². The molecule has 9 heteroatoms. The number of rotatable bonds is 2. The molecule has 3 aliphatic heterocycles. The van der Waals surface area contributed by atoms with Crippen molar-refractivity contribution in [1.29, 1.82) is 0 Å². The molecule has 0 aromatic heterocycles. The third-order valence-electron chi connectivity index (χ3n) is 2.03. The summed E-state index contributed by atoms with van der Waals surface area (Å²) in [6.07, 6.45) is 0. The number of hydrogen-bond acceptors (Lipinski definition) is 7. The van der Waals surface area contributed by atoms with Crippen molar-refractivity contribution in [3.05, 3.63) is 24.0 Å². The number of hydrazine groups is 1. The van der Waals surface area contributed by atoms with E-state index in [1.807, 2.05) is 0 Å². The van der Waals surface area contributed by atoms with Gasteiger partial charge in [-0.15, -0.1) is 19.0 Å². The van der Waals surface area contributed by atoms with Crippen LogP contribution in [0.2, 0.25) is 0 Å². The fourth-order valence-corrected chi connectivity index (χ4v) is 2.18. The number of ether oxygens (including phenoxy) is 1. The summed E-state index contributed by atoms with van der Waals surface area (Å²) in [6.45, 7) is 0. The molecule has 3 heterocycles. The van der Waals surface area contributed by atoms with Crippen molar-refractivity contribution in [2.24, 2.45) is 0 Å². The van der Waals surface area contributed by atoms with Crippen LogP contribution in [0, 0.1) is 5.82 Å². The molecule has 3 saturated heterocycles. The lowest BCUT2D eigenvalue weighted by Crippen LogP contribution is -2.34. The fraction of sp³-hybridized carbons (Fsp3) is 0.143. The van der Waals surface area contributed by atoms with Gasteiger partial charge < -0.3 is 4.74 Å². The number of methoxy groups -OCH3 is 1. The van der Waals surface area contributed by atoms with Gasteiger partial charge in [-0.2, -0.15) is 0 Å². The number of halogens is 1. The van der Waals surface area contributed by atoms with E-state index in [4.69, 9.17) is 9.36 Å². The largest absolute Gasteiger partial charge is 0.538 e. The summed E-state index contributed by atoms with van der Waals surface area (Å²) in [4.78, 5) is 0. The summed E-state index contributed by atoms with van der Waals surface area (Å²) in [7, 11) is -2.08. The Hall–Kier alpha value is -1.18. The van der Waals surface area contributed by atoms with E-state index >= 15 is 0 Å². The summed E-state index contributed by atoms with van der Waals surface area (Å²) in [5.41, 5.74) is 0.0102. The molecule has 7 nitrogen and oxygen atoms in total. The first-order chi connectivity index (χ1) is 7.61. The quantitative estimate of drug-likeness (QED) is 0.739. The lowest BCUT2D eigenvalue weighted by atomic mass is 10.3. The predicted molar refractivity (Wildman–Crippen MR) is 48.1 cm³/mol. The normalized spacial score (nSPS) is 31.4. The van der Waals surface area contributed by atoms with Gasteiger partial charge in [0.05, 0.1) is 12.4 Å². The fourth-order valence-electron chi connectivity index (χ4n) is 1.30. The van der Waals surface area contributed by atoms with Crippen LogP contribution in [-0.2, 0) is 18.4 Å². The number of phosphoric acid groups is 1. The Morgan fingerprint density at radius 2 is 2.12 bits per heavy atom. The summed E-state index contributed by atoms with van der Waals surface area (Å²) >= 11 is 0. The van der Waals surface area contributed by atoms with Gasteiger partial charge in [0.1, 0.15) is 11.4 Å². The van der Waals surface area contributed by atoms with E-state index in [1.54, 1.807) is 0 Å². The molecule has 3 fully saturated rings. The molecule has 0 saturated carbocycles. The zero-order valence-corrected chi connectivity index (χ0v) is 8.89. The highest BCUT2D eigenvalue weighted by Gasteiger charge is 2.60. The van der Waals surface area contributed by atoms with Gasteiger partial charge in [-0.3, -0.25) is 0 Å². The molecule has 0 aliphatic carbocycles. The summed E-state index contributed by atoms with van der Waals surface area (Å²) in [5, 5.41) is 1.53. The van der Waals surface area contributed by atoms with Gasteiger partial charge in [0.2, 0.25) is 0 Å². The smallest absolute Gasteiger partial charge is 0.497 e. The van der Waals surface area contributed by atoms with E-state index in [2.05, 4.69) is 9.25 Å². The van der Waals surface area contributed by atoms with Crippen LogP contribution in [0.25, 0.3) is 0 Å². The molecule has 16 heavy (non-hydrogen) atoms. The maximum atomic E-state index is 13.6. The zero-order chi connectivity index (χ0) is 11.3. The highest BCUT2D eigenvalue weighted by Crippen LogP contribution is 2.67. The van der Waals surface area contributed by atoms with Gasteiger partial charge >= 0.3 is 7.82 Å². The summed E-state index contributed by atoms with van der Waals surface area (Å²) in [6, 6.07) is 4.06. The topological polar surface area (TPSA) is 60.5 Å². The standard InChI is InChI=1S/C7H6FN2O5P/c1-12-5-2-3-7(6(8)4-5)9-10-14-16(11,13-9)15-10/h2-4H,1H3. The molecular weight excluding hydrogens is 242 g/mol. The van der Waals surface area contributed by atoms with E-state index in [1.165, 1.54) is 19.2 Å². The minimum Gasteiger partial charge on any atom is -0.497 e. The first kappa shape index (κ1) is 10.0. The average molecular weight is 248 g/mol. The molecule has 86 valence electrons. The predicted octanol–water partition coefficient (Wildman–Crippen LogP) is 1.79. The van der Waals surface area contributed by atoms with E-state index < -0.39 is 13.6 Å². The summed E-state index contributed by atoms with van der Waals surface area (Å²) < 4.78 is 43.5. The molecule has 0 radical (unpaired) electrons. The molecule has 0 atom stereocenters. The van der Waals surface area contributed by atoms with E-state index in [0.29, 0.717) is 11.1 Å². The highest BCUT2D eigenvalue weighted by atomic mass is 31.2. The second kappa shape index (κ2) is 3.16. The first-order valence-corrected chi connectivity index (χ1v) is 5.70. The molecule has 0 amide bonds. The molecule has 0 spiro atoms. The van der Waals surface area contributed by atoms with Crippen molar-refractivity contribution in [3.63, 3.8) is 0 Å². The van der Waals surface area contributed by atoms with Crippen LogP contribution in [0.3, 0.4) is 0 Å². The Morgan fingerprint density at radius 1 is 1.38 bits per heavy atom. The molecule has 3 aliphatic rings. The minimum absolute atomic E-state index is 0.0102. The minimum atomic E-state index is -3.51. The number of fused-ring (bicyclic) bond motifs is 1. The molecule has 4 rings (SSSR count). The van der Waals surface area contributed by atoms with E-state index in [9.17, 15) is 8.96 Å². The second-order valence-corrected chi connectivity index (χ2v) is 4.40. The van der Waals surface area contributed by atoms with Crippen LogP contribution in [-0.4, -0.2) is 12.4 Å². The third-order valence-corrected chi connectivity index (χ3v) is 3.06. The Morgan fingerprint density at radius 3 is 2.62 bits per heavy atom. The van der Waals surface area contributed by atoms with Gasteiger partial charge in [0.15, 0.2) is 5.82 Å². The van der Waals surface area contributed by atoms with Gasteiger partial charge in [-0.25, -0.2) is 8.96 Å². The molecule has 0 unspecified atom stereocenters. The molecule has 2 bridgehead atoms. The van der Waals surface area contributed by atoms with Gasteiger partial charge in [-0.1, -0.05) is 0 Å². The first-order valence-electron chi connectivity index (χ1n) is 4.24. The van der Waals surface area contributed by atoms with Crippen molar-refractivity contribution in [2.75, 3.05) is 12.3 Å². The Kier molecular flexibility index (Phi) is 1.97. The average Bonchev–Trinajstić information content (AvgIpc) is 2.70.